The summed E-state index contributed by atoms with van der Waals surface area (Å²) in [5.41, 5.74) is 1.22. The number of rotatable bonds is 0. The Hall–Kier alpha value is -1.45. The maximum absolute atomic E-state index is 4.88. The Morgan fingerprint density at radius 2 is 2.33 bits per heavy atom. The van der Waals surface area contributed by atoms with Gasteiger partial charge in [0, 0.05) is 0 Å². The van der Waals surface area contributed by atoms with E-state index in [1.54, 1.807) is 6.20 Å². The van der Waals surface area contributed by atoms with Crippen LogP contribution in [0.4, 0.5) is 0 Å². The lowest BCUT2D eigenvalue weighted by atomic mass is 10.6. The smallest absolute Gasteiger partial charge is 0.201 e. The normalized spacial score (nSPS) is 10.2. The van der Waals surface area contributed by atoms with Gasteiger partial charge in [0.1, 0.15) is 6.33 Å². The van der Waals surface area contributed by atoms with E-state index in [-0.39, 0.29) is 0 Å². The van der Waals surface area contributed by atoms with Crippen LogP contribution in [0, 0.1) is 0 Å². The first-order valence-electron chi connectivity index (χ1n) is 2.46. The number of hydrogen-bond donors (Lipinski definition) is 0. The highest BCUT2D eigenvalue weighted by Gasteiger charge is 1.94. The minimum absolute atomic E-state index is 0.602. The molecule has 0 unspecified atom stereocenters. The third-order valence-corrected chi connectivity index (χ3v) is 1.01. The molecule has 2 rings (SSSR count). The van der Waals surface area contributed by atoms with E-state index in [0.29, 0.717) is 11.2 Å². The average Bonchev–Trinajstić information content (AvgIpc) is 2.33. The minimum Gasteiger partial charge on any atom is -0.440 e. The summed E-state index contributed by atoms with van der Waals surface area (Å²) in [4.78, 5) is 11.4. The van der Waals surface area contributed by atoms with Gasteiger partial charge in [0.05, 0.1) is 6.20 Å². The van der Waals surface area contributed by atoms with Gasteiger partial charge < -0.3 is 4.42 Å². The van der Waals surface area contributed by atoms with Gasteiger partial charge in [-0.05, 0) is 0 Å². The highest BCUT2D eigenvalue weighted by atomic mass is 16.3. The molecular weight excluding hydrogens is 118 g/mol. The summed E-state index contributed by atoms with van der Waals surface area (Å²) in [6.45, 7) is 0. The first-order valence-corrected chi connectivity index (χ1v) is 2.46. The molecule has 0 fully saturated rings. The SMILES string of the molecule is c1ncc2ocnc2n1. The van der Waals surface area contributed by atoms with Crippen LogP contribution in [-0.2, 0) is 0 Å². The number of aromatic nitrogens is 3. The van der Waals surface area contributed by atoms with Crippen LogP contribution in [0.15, 0.2) is 23.3 Å². The Bertz CT molecular complexity index is 286. The van der Waals surface area contributed by atoms with Crippen molar-refractivity contribution < 1.29 is 4.42 Å². The zero-order valence-corrected chi connectivity index (χ0v) is 4.48. The molecule has 0 bridgehead atoms. The summed E-state index contributed by atoms with van der Waals surface area (Å²) in [5.74, 6) is 0. The highest BCUT2D eigenvalue weighted by Crippen LogP contribution is 2.03. The number of fused-ring (bicyclic) bond motifs is 1. The molecule has 2 aromatic rings. The van der Waals surface area contributed by atoms with Gasteiger partial charge in [-0.1, -0.05) is 0 Å². The molecule has 0 atom stereocenters. The Kier molecular flexibility index (Phi) is 0.745. The molecule has 0 aliphatic rings. The largest absolute Gasteiger partial charge is 0.440 e. The predicted molar refractivity (Wildman–Crippen MR) is 29.6 cm³/mol. The van der Waals surface area contributed by atoms with E-state index in [2.05, 4.69) is 15.0 Å². The van der Waals surface area contributed by atoms with Gasteiger partial charge in [-0.2, -0.15) is 4.98 Å². The summed E-state index contributed by atoms with van der Waals surface area (Å²) in [6.07, 6.45) is 4.36. The van der Waals surface area contributed by atoms with Crippen molar-refractivity contribution in [1.29, 1.82) is 0 Å². The molecule has 0 N–H and O–H groups in total. The molecule has 0 radical (unpaired) electrons. The zero-order chi connectivity index (χ0) is 6.10. The van der Waals surface area contributed by atoms with Crippen LogP contribution >= 0.6 is 0 Å². The van der Waals surface area contributed by atoms with E-state index in [1.165, 1.54) is 12.7 Å². The molecule has 0 saturated heterocycles. The minimum atomic E-state index is 0.602. The fourth-order valence-corrected chi connectivity index (χ4v) is 0.624. The first kappa shape index (κ1) is 4.43. The summed E-state index contributed by atoms with van der Waals surface area (Å²) >= 11 is 0. The molecule has 0 aromatic carbocycles. The molecule has 0 aliphatic heterocycles. The van der Waals surface area contributed by atoms with E-state index in [4.69, 9.17) is 4.42 Å². The second kappa shape index (κ2) is 1.51. The summed E-state index contributed by atoms with van der Waals surface area (Å²) < 4.78 is 4.88. The molecule has 4 heteroatoms. The quantitative estimate of drug-likeness (QED) is 0.512. The van der Waals surface area contributed by atoms with Crippen LogP contribution in [0.3, 0.4) is 0 Å². The Labute approximate surface area is 50.6 Å². The second-order valence-electron chi connectivity index (χ2n) is 1.56. The van der Waals surface area contributed by atoms with Crippen LogP contribution in [0.2, 0.25) is 0 Å². The van der Waals surface area contributed by atoms with Crippen LogP contribution in [0.1, 0.15) is 0 Å². The maximum Gasteiger partial charge on any atom is 0.201 e. The van der Waals surface area contributed by atoms with Crippen LogP contribution in [0.25, 0.3) is 11.2 Å². The van der Waals surface area contributed by atoms with Crippen molar-refractivity contribution in [3.05, 3.63) is 18.9 Å². The predicted octanol–water partition coefficient (Wildman–Crippen LogP) is 0.618. The lowest BCUT2D eigenvalue weighted by Gasteiger charge is -1.78. The summed E-state index contributed by atoms with van der Waals surface area (Å²) in [6, 6.07) is 0. The lowest BCUT2D eigenvalue weighted by molar-refractivity contribution is 0.600. The number of hydrogen-bond acceptors (Lipinski definition) is 4. The molecule has 0 saturated carbocycles. The molecule has 2 heterocycles. The van der Waals surface area contributed by atoms with Crippen LogP contribution < -0.4 is 0 Å². The van der Waals surface area contributed by atoms with Crippen molar-refractivity contribution in [1.82, 2.24) is 15.0 Å². The molecule has 9 heavy (non-hydrogen) atoms. The fourth-order valence-electron chi connectivity index (χ4n) is 0.624. The van der Waals surface area contributed by atoms with Gasteiger partial charge in [0.2, 0.25) is 5.65 Å². The van der Waals surface area contributed by atoms with Crippen LogP contribution in [0.5, 0.6) is 0 Å². The average molecular weight is 121 g/mol. The number of nitrogens with zero attached hydrogens (tertiary/aromatic N) is 3. The molecule has 0 spiro atoms. The third kappa shape index (κ3) is 0.561. The third-order valence-electron chi connectivity index (χ3n) is 1.01. The molecule has 44 valence electrons. The Morgan fingerprint density at radius 3 is 3.22 bits per heavy atom. The lowest BCUT2D eigenvalue weighted by Crippen LogP contribution is -1.75. The zero-order valence-electron chi connectivity index (χ0n) is 4.48. The first-order chi connectivity index (χ1) is 4.47. The maximum atomic E-state index is 4.88. The van der Waals surface area contributed by atoms with E-state index in [0.717, 1.165) is 0 Å². The van der Waals surface area contributed by atoms with E-state index >= 15 is 0 Å². The molecule has 2 aromatic heterocycles. The molecule has 0 aliphatic carbocycles. The van der Waals surface area contributed by atoms with Gasteiger partial charge in [-0.3, -0.25) is 0 Å². The Balaban J connectivity index is 2.95. The fraction of sp³-hybridized carbons (Fsp3) is 0. The standard InChI is InChI=1S/C5H3N3O/c1-4-5(7-2-6-1)8-3-9-4/h1-3H. The topological polar surface area (TPSA) is 51.8 Å². The van der Waals surface area contributed by atoms with Crippen molar-refractivity contribution >= 4 is 11.2 Å². The van der Waals surface area contributed by atoms with Gasteiger partial charge >= 0.3 is 0 Å². The van der Waals surface area contributed by atoms with Crippen molar-refractivity contribution in [3.8, 4) is 0 Å². The van der Waals surface area contributed by atoms with Gasteiger partial charge in [0.25, 0.3) is 0 Å². The highest BCUT2D eigenvalue weighted by molar-refractivity contribution is 5.64. The van der Waals surface area contributed by atoms with E-state index < -0.39 is 0 Å². The summed E-state index contributed by atoms with van der Waals surface area (Å²) in [7, 11) is 0. The van der Waals surface area contributed by atoms with Gasteiger partial charge in [-0.25, -0.2) is 9.97 Å². The van der Waals surface area contributed by atoms with Crippen molar-refractivity contribution in [2.75, 3.05) is 0 Å². The van der Waals surface area contributed by atoms with E-state index in [9.17, 15) is 0 Å². The Morgan fingerprint density at radius 1 is 1.33 bits per heavy atom. The summed E-state index contributed by atoms with van der Waals surface area (Å²) in [5, 5.41) is 0. The monoisotopic (exact) mass is 121 g/mol. The molecule has 4 nitrogen and oxygen atoms in total. The molecule has 0 amide bonds. The van der Waals surface area contributed by atoms with Crippen molar-refractivity contribution in [2.24, 2.45) is 0 Å². The van der Waals surface area contributed by atoms with Gasteiger partial charge in [-0.15, -0.1) is 0 Å². The van der Waals surface area contributed by atoms with Crippen molar-refractivity contribution in [2.45, 2.75) is 0 Å². The molecular formula is C5H3N3O. The van der Waals surface area contributed by atoms with Crippen LogP contribution in [-0.4, -0.2) is 15.0 Å². The van der Waals surface area contributed by atoms with E-state index in [1.807, 2.05) is 0 Å². The van der Waals surface area contributed by atoms with Crippen molar-refractivity contribution in [3.63, 3.8) is 0 Å². The van der Waals surface area contributed by atoms with Gasteiger partial charge in [0.15, 0.2) is 12.0 Å². The number of oxazole rings is 1. The second-order valence-corrected chi connectivity index (χ2v) is 1.56.